The Balaban J connectivity index is 0.00000225. The van der Waals surface area contributed by atoms with Crippen LogP contribution in [-0.4, -0.2) is 18.6 Å². The lowest BCUT2D eigenvalue weighted by atomic mass is 10.1. The summed E-state index contributed by atoms with van der Waals surface area (Å²) in [5.41, 5.74) is 6.71. The molecule has 0 bridgehead atoms. The van der Waals surface area contributed by atoms with Gasteiger partial charge in [0, 0.05) is 4.47 Å². The first kappa shape index (κ1) is 15.4. The zero-order valence-corrected chi connectivity index (χ0v) is 11.4. The third-order valence-electron chi connectivity index (χ3n) is 1.96. The van der Waals surface area contributed by atoms with E-state index in [9.17, 15) is 4.79 Å². The quantitative estimate of drug-likeness (QED) is 0.868. The van der Waals surface area contributed by atoms with Gasteiger partial charge in [0.15, 0.2) is 0 Å². The second kappa shape index (κ2) is 7.65. The predicted octanol–water partition coefficient (Wildman–Crippen LogP) is 2.30. The number of benzene rings is 1. The molecule has 1 rings (SSSR count). The van der Waals surface area contributed by atoms with Gasteiger partial charge in [0.25, 0.3) is 0 Å². The SMILES string of the molecule is CCOC(=O)[C@@H](N)Cc1ccc(Br)cc1.Cl. The number of rotatable bonds is 4. The summed E-state index contributed by atoms with van der Waals surface area (Å²) in [5, 5.41) is 0. The highest BCUT2D eigenvalue weighted by atomic mass is 79.9. The van der Waals surface area contributed by atoms with Gasteiger partial charge in [-0.1, -0.05) is 28.1 Å². The molecule has 0 fully saturated rings. The van der Waals surface area contributed by atoms with Crippen LogP contribution in [0, 0.1) is 0 Å². The largest absolute Gasteiger partial charge is 0.465 e. The molecule has 90 valence electrons. The van der Waals surface area contributed by atoms with Crippen molar-refractivity contribution >= 4 is 34.3 Å². The Kier molecular flexibility index (Phi) is 7.38. The summed E-state index contributed by atoms with van der Waals surface area (Å²) < 4.78 is 5.84. The molecule has 0 aliphatic heterocycles. The van der Waals surface area contributed by atoms with Gasteiger partial charge in [-0.2, -0.15) is 0 Å². The molecule has 0 saturated carbocycles. The monoisotopic (exact) mass is 307 g/mol. The molecular weight excluding hydrogens is 293 g/mol. The normalized spacial score (nSPS) is 11.4. The van der Waals surface area contributed by atoms with Gasteiger partial charge in [0.2, 0.25) is 0 Å². The summed E-state index contributed by atoms with van der Waals surface area (Å²) in [4.78, 5) is 11.3. The van der Waals surface area contributed by atoms with Crippen LogP contribution in [0.25, 0.3) is 0 Å². The Hall–Kier alpha value is -0.580. The highest BCUT2D eigenvalue weighted by Crippen LogP contribution is 2.11. The van der Waals surface area contributed by atoms with Crippen LogP contribution in [0.3, 0.4) is 0 Å². The van der Waals surface area contributed by atoms with Gasteiger partial charge >= 0.3 is 5.97 Å². The molecule has 0 unspecified atom stereocenters. The van der Waals surface area contributed by atoms with Crippen molar-refractivity contribution < 1.29 is 9.53 Å². The Morgan fingerprint density at radius 2 is 2.00 bits per heavy atom. The zero-order chi connectivity index (χ0) is 11.3. The maximum Gasteiger partial charge on any atom is 0.323 e. The van der Waals surface area contributed by atoms with Crippen molar-refractivity contribution in [1.82, 2.24) is 0 Å². The minimum Gasteiger partial charge on any atom is -0.465 e. The second-order valence-electron chi connectivity index (χ2n) is 3.19. The summed E-state index contributed by atoms with van der Waals surface area (Å²) in [6.45, 7) is 2.14. The topological polar surface area (TPSA) is 52.3 Å². The number of halogens is 2. The lowest BCUT2D eigenvalue weighted by molar-refractivity contribution is -0.144. The van der Waals surface area contributed by atoms with Gasteiger partial charge in [-0.15, -0.1) is 12.4 Å². The van der Waals surface area contributed by atoms with Gasteiger partial charge in [-0.05, 0) is 31.0 Å². The minimum atomic E-state index is -0.578. The van der Waals surface area contributed by atoms with E-state index in [0.717, 1.165) is 10.0 Å². The minimum absolute atomic E-state index is 0. The molecule has 0 heterocycles. The number of hydrogen-bond donors (Lipinski definition) is 1. The summed E-state index contributed by atoms with van der Waals surface area (Å²) >= 11 is 3.34. The van der Waals surface area contributed by atoms with Crippen LogP contribution in [0.4, 0.5) is 0 Å². The highest BCUT2D eigenvalue weighted by molar-refractivity contribution is 9.10. The Morgan fingerprint density at radius 3 is 2.50 bits per heavy atom. The molecule has 1 aromatic carbocycles. The standard InChI is InChI=1S/C11H14BrNO2.ClH/c1-2-15-11(14)10(13)7-8-3-5-9(12)6-4-8;/h3-6,10H,2,7,13H2,1H3;1H/t10-;/m0./s1. The molecule has 0 aliphatic carbocycles. The van der Waals surface area contributed by atoms with Gasteiger partial charge < -0.3 is 10.5 Å². The Morgan fingerprint density at radius 1 is 1.44 bits per heavy atom. The maximum absolute atomic E-state index is 11.3. The van der Waals surface area contributed by atoms with Gasteiger partial charge in [-0.3, -0.25) is 4.79 Å². The summed E-state index contributed by atoms with van der Waals surface area (Å²) in [6.07, 6.45) is 0.506. The molecule has 3 nitrogen and oxygen atoms in total. The van der Waals surface area contributed by atoms with Crippen molar-refractivity contribution in [3.8, 4) is 0 Å². The van der Waals surface area contributed by atoms with Crippen molar-refractivity contribution in [3.05, 3.63) is 34.3 Å². The van der Waals surface area contributed by atoms with Crippen molar-refractivity contribution in [2.75, 3.05) is 6.61 Å². The zero-order valence-electron chi connectivity index (χ0n) is 8.98. The van der Waals surface area contributed by atoms with Gasteiger partial charge in [-0.25, -0.2) is 0 Å². The van der Waals surface area contributed by atoms with Crippen LogP contribution in [0.5, 0.6) is 0 Å². The molecular formula is C11H15BrClNO2. The number of nitrogens with two attached hydrogens (primary N) is 1. The van der Waals surface area contributed by atoms with Crippen molar-refractivity contribution in [2.24, 2.45) is 5.73 Å². The molecule has 5 heteroatoms. The van der Waals surface area contributed by atoms with E-state index >= 15 is 0 Å². The van der Waals surface area contributed by atoms with E-state index in [0.29, 0.717) is 13.0 Å². The first-order valence-electron chi connectivity index (χ1n) is 4.80. The lowest BCUT2D eigenvalue weighted by Gasteiger charge is -2.10. The van der Waals surface area contributed by atoms with E-state index in [2.05, 4.69) is 15.9 Å². The molecule has 1 atom stereocenters. The number of ether oxygens (including phenoxy) is 1. The third-order valence-corrected chi connectivity index (χ3v) is 2.49. The van der Waals surface area contributed by atoms with E-state index in [-0.39, 0.29) is 18.4 Å². The molecule has 0 aromatic heterocycles. The van der Waals surface area contributed by atoms with E-state index in [4.69, 9.17) is 10.5 Å². The fourth-order valence-corrected chi connectivity index (χ4v) is 1.47. The molecule has 1 aromatic rings. The van der Waals surface area contributed by atoms with Crippen LogP contribution in [-0.2, 0) is 16.0 Å². The summed E-state index contributed by atoms with van der Waals surface area (Å²) in [6, 6.07) is 7.14. The molecule has 2 N–H and O–H groups in total. The van der Waals surface area contributed by atoms with E-state index in [1.165, 1.54) is 0 Å². The number of esters is 1. The van der Waals surface area contributed by atoms with E-state index in [1.807, 2.05) is 24.3 Å². The lowest BCUT2D eigenvalue weighted by Crippen LogP contribution is -2.34. The molecule has 0 saturated heterocycles. The van der Waals surface area contributed by atoms with Gasteiger partial charge in [0.05, 0.1) is 6.61 Å². The number of carbonyl (C=O) groups is 1. The van der Waals surface area contributed by atoms with Gasteiger partial charge in [0.1, 0.15) is 6.04 Å². The van der Waals surface area contributed by atoms with Crippen molar-refractivity contribution in [1.29, 1.82) is 0 Å². The number of hydrogen-bond acceptors (Lipinski definition) is 3. The van der Waals surface area contributed by atoms with Crippen molar-refractivity contribution in [3.63, 3.8) is 0 Å². The second-order valence-corrected chi connectivity index (χ2v) is 4.10. The van der Waals surface area contributed by atoms with Crippen LogP contribution < -0.4 is 5.73 Å². The Bertz CT molecular complexity index is 329. The first-order chi connectivity index (χ1) is 7.13. The average molecular weight is 309 g/mol. The first-order valence-corrected chi connectivity index (χ1v) is 5.59. The Labute approximate surface area is 110 Å². The highest BCUT2D eigenvalue weighted by Gasteiger charge is 2.14. The number of carbonyl (C=O) groups excluding carboxylic acids is 1. The molecule has 0 amide bonds. The molecule has 0 aliphatic rings. The van der Waals surface area contributed by atoms with Crippen LogP contribution >= 0.6 is 28.3 Å². The molecule has 0 radical (unpaired) electrons. The van der Waals surface area contributed by atoms with E-state index in [1.54, 1.807) is 6.92 Å². The summed E-state index contributed by atoms with van der Waals surface area (Å²) in [7, 11) is 0. The van der Waals surface area contributed by atoms with E-state index < -0.39 is 6.04 Å². The maximum atomic E-state index is 11.3. The molecule has 16 heavy (non-hydrogen) atoms. The fourth-order valence-electron chi connectivity index (χ4n) is 1.21. The third kappa shape index (κ3) is 4.96. The van der Waals surface area contributed by atoms with Crippen LogP contribution in [0.1, 0.15) is 12.5 Å². The fraction of sp³-hybridized carbons (Fsp3) is 0.364. The summed E-state index contributed by atoms with van der Waals surface area (Å²) in [5.74, 6) is -0.347. The average Bonchev–Trinajstić information content (AvgIpc) is 2.22. The predicted molar refractivity (Wildman–Crippen MR) is 69.7 cm³/mol. The smallest absolute Gasteiger partial charge is 0.323 e. The molecule has 0 spiro atoms. The van der Waals surface area contributed by atoms with Crippen molar-refractivity contribution in [2.45, 2.75) is 19.4 Å². The van der Waals surface area contributed by atoms with Crippen LogP contribution in [0.15, 0.2) is 28.7 Å². The van der Waals surface area contributed by atoms with Crippen LogP contribution in [0.2, 0.25) is 0 Å².